The van der Waals surface area contributed by atoms with Crippen molar-refractivity contribution in [1.82, 2.24) is 5.32 Å². The molecule has 9 heteroatoms. The number of thiophene rings is 1. The van der Waals surface area contributed by atoms with Gasteiger partial charge in [0, 0.05) is 6.54 Å². The van der Waals surface area contributed by atoms with E-state index in [2.05, 4.69) is 10.6 Å². The molecule has 0 spiro atoms. The Balaban J connectivity index is 1.63. The Morgan fingerprint density at radius 1 is 0.972 bits per heavy atom. The van der Waals surface area contributed by atoms with E-state index in [1.807, 2.05) is 48.5 Å². The third-order valence-electron chi connectivity index (χ3n) is 4.81. The number of rotatable bonds is 9. The predicted octanol–water partition coefficient (Wildman–Crippen LogP) is 5.58. The van der Waals surface area contributed by atoms with Crippen molar-refractivity contribution in [2.75, 3.05) is 19.0 Å². The molecule has 0 bridgehead atoms. The van der Waals surface area contributed by atoms with Gasteiger partial charge in [-0.05, 0) is 68.0 Å². The van der Waals surface area contributed by atoms with Crippen molar-refractivity contribution < 1.29 is 28.6 Å². The second-order valence-corrected chi connectivity index (χ2v) is 9.80. The molecule has 3 aromatic rings. The largest absolute Gasteiger partial charge is 0.465 e. The first-order chi connectivity index (χ1) is 17.1. The molecule has 0 unspecified atom stereocenters. The van der Waals surface area contributed by atoms with Crippen molar-refractivity contribution in [3.05, 3.63) is 76.7 Å². The monoisotopic (exact) mass is 510 g/mol. The van der Waals surface area contributed by atoms with Crippen molar-refractivity contribution in [3.63, 3.8) is 0 Å². The van der Waals surface area contributed by atoms with E-state index in [1.54, 1.807) is 32.2 Å². The van der Waals surface area contributed by atoms with Crippen molar-refractivity contribution in [3.8, 4) is 11.5 Å². The fraction of sp³-hybridized carbons (Fsp3) is 0.296. The Labute approximate surface area is 214 Å². The van der Waals surface area contributed by atoms with Gasteiger partial charge in [-0.15, -0.1) is 11.3 Å². The SMILES string of the molecule is COC(=O)c1c(CCNC(=O)OC(C)(C)C)csc1NC(=O)Cc1cccc(Oc2ccccc2)c1. The zero-order chi connectivity index (χ0) is 26.1. The van der Waals surface area contributed by atoms with Crippen LogP contribution in [-0.4, -0.2) is 37.2 Å². The van der Waals surface area contributed by atoms with Gasteiger partial charge in [0.1, 0.15) is 22.1 Å². The van der Waals surface area contributed by atoms with Gasteiger partial charge >= 0.3 is 12.1 Å². The van der Waals surface area contributed by atoms with E-state index in [1.165, 1.54) is 18.4 Å². The van der Waals surface area contributed by atoms with E-state index in [-0.39, 0.29) is 24.4 Å². The van der Waals surface area contributed by atoms with Crippen LogP contribution < -0.4 is 15.4 Å². The number of para-hydroxylation sites is 1. The molecule has 2 aromatic carbocycles. The molecule has 0 radical (unpaired) electrons. The number of hydrogen-bond acceptors (Lipinski definition) is 7. The van der Waals surface area contributed by atoms with Gasteiger partial charge in [0.2, 0.25) is 5.91 Å². The van der Waals surface area contributed by atoms with Gasteiger partial charge in [0.15, 0.2) is 0 Å². The molecule has 36 heavy (non-hydrogen) atoms. The number of carbonyl (C=O) groups is 3. The molecule has 2 amide bonds. The van der Waals surface area contributed by atoms with E-state index >= 15 is 0 Å². The molecule has 1 heterocycles. The highest BCUT2D eigenvalue weighted by molar-refractivity contribution is 7.15. The molecule has 2 N–H and O–H groups in total. The minimum Gasteiger partial charge on any atom is -0.465 e. The lowest BCUT2D eigenvalue weighted by Gasteiger charge is -2.19. The lowest BCUT2D eigenvalue weighted by Crippen LogP contribution is -2.33. The zero-order valence-electron chi connectivity index (χ0n) is 20.8. The summed E-state index contributed by atoms with van der Waals surface area (Å²) in [6.07, 6.45) is -0.0704. The van der Waals surface area contributed by atoms with Crippen LogP contribution in [0.2, 0.25) is 0 Å². The highest BCUT2D eigenvalue weighted by Gasteiger charge is 2.22. The Kier molecular flexibility index (Phi) is 9.08. The van der Waals surface area contributed by atoms with Crippen LogP contribution in [0.4, 0.5) is 9.80 Å². The second kappa shape index (κ2) is 12.2. The van der Waals surface area contributed by atoms with Gasteiger partial charge in [-0.25, -0.2) is 9.59 Å². The molecule has 0 atom stereocenters. The maximum Gasteiger partial charge on any atom is 0.407 e. The predicted molar refractivity (Wildman–Crippen MR) is 139 cm³/mol. The number of amides is 2. The van der Waals surface area contributed by atoms with Crippen LogP contribution >= 0.6 is 11.3 Å². The summed E-state index contributed by atoms with van der Waals surface area (Å²) in [5.74, 6) is 0.487. The number of methoxy groups -OCH3 is 1. The van der Waals surface area contributed by atoms with Crippen LogP contribution in [0.1, 0.15) is 42.3 Å². The first kappa shape index (κ1) is 26.7. The third-order valence-corrected chi connectivity index (χ3v) is 5.76. The molecular formula is C27H30N2O6S. The third kappa shape index (κ3) is 8.13. The Morgan fingerprint density at radius 2 is 1.69 bits per heavy atom. The van der Waals surface area contributed by atoms with Crippen LogP contribution in [0.5, 0.6) is 11.5 Å². The number of ether oxygens (including phenoxy) is 3. The summed E-state index contributed by atoms with van der Waals surface area (Å²) < 4.78 is 16.0. The molecule has 8 nitrogen and oxygen atoms in total. The van der Waals surface area contributed by atoms with Gasteiger partial charge in [-0.1, -0.05) is 30.3 Å². The number of carbonyl (C=O) groups excluding carboxylic acids is 3. The van der Waals surface area contributed by atoms with Crippen LogP contribution in [0.3, 0.4) is 0 Å². The highest BCUT2D eigenvalue weighted by atomic mass is 32.1. The molecule has 0 aliphatic carbocycles. The average molecular weight is 511 g/mol. The van der Waals surface area contributed by atoms with E-state index in [4.69, 9.17) is 14.2 Å². The quantitative estimate of drug-likeness (QED) is 0.365. The summed E-state index contributed by atoms with van der Waals surface area (Å²) in [5.41, 5.74) is 1.10. The Bertz CT molecular complexity index is 1200. The normalized spacial score (nSPS) is 10.9. The maximum absolute atomic E-state index is 12.8. The van der Waals surface area contributed by atoms with Crippen LogP contribution in [-0.2, 0) is 27.1 Å². The van der Waals surface area contributed by atoms with Crippen molar-refractivity contribution in [1.29, 1.82) is 0 Å². The van der Waals surface area contributed by atoms with Gasteiger partial charge in [0.05, 0.1) is 19.1 Å². The number of nitrogens with one attached hydrogen (secondary N) is 2. The Morgan fingerprint density at radius 3 is 2.39 bits per heavy atom. The number of hydrogen-bond donors (Lipinski definition) is 2. The fourth-order valence-corrected chi connectivity index (χ4v) is 4.31. The Hall–Kier alpha value is -3.85. The molecule has 0 saturated heterocycles. The molecular weight excluding hydrogens is 480 g/mol. The van der Waals surface area contributed by atoms with E-state index in [9.17, 15) is 14.4 Å². The summed E-state index contributed by atoms with van der Waals surface area (Å²) in [6, 6.07) is 16.7. The first-order valence-electron chi connectivity index (χ1n) is 11.4. The topological polar surface area (TPSA) is 103 Å². The minimum atomic E-state index is -0.603. The number of esters is 1. The molecule has 3 rings (SSSR count). The second-order valence-electron chi connectivity index (χ2n) is 8.92. The van der Waals surface area contributed by atoms with E-state index in [0.29, 0.717) is 28.5 Å². The van der Waals surface area contributed by atoms with Gasteiger partial charge in [-0.2, -0.15) is 0 Å². The maximum atomic E-state index is 12.8. The standard InChI is InChI=1S/C27H30N2O6S/c1-27(2,3)35-26(32)28-14-13-19-17-36-24(23(19)25(31)33-4)29-22(30)16-18-9-8-12-21(15-18)34-20-10-6-5-7-11-20/h5-12,15,17H,13-14,16H2,1-4H3,(H,28,32)(H,29,30). The highest BCUT2D eigenvalue weighted by Crippen LogP contribution is 2.30. The minimum absolute atomic E-state index is 0.0973. The van der Waals surface area contributed by atoms with Gasteiger partial charge < -0.3 is 24.8 Å². The summed E-state index contributed by atoms with van der Waals surface area (Å²) in [4.78, 5) is 37.1. The van der Waals surface area contributed by atoms with Crippen molar-refractivity contribution in [2.24, 2.45) is 0 Å². The fourth-order valence-electron chi connectivity index (χ4n) is 3.31. The van der Waals surface area contributed by atoms with Crippen molar-refractivity contribution >= 4 is 34.3 Å². The van der Waals surface area contributed by atoms with E-state index < -0.39 is 17.7 Å². The smallest absolute Gasteiger partial charge is 0.407 e. The van der Waals surface area contributed by atoms with Gasteiger partial charge in [-0.3, -0.25) is 4.79 Å². The molecule has 1 aromatic heterocycles. The average Bonchev–Trinajstić information content (AvgIpc) is 3.20. The summed E-state index contributed by atoms with van der Waals surface area (Å²) in [5, 5.41) is 7.66. The van der Waals surface area contributed by atoms with Crippen LogP contribution in [0.25, 0.3) is 0 Å². The molecule has 0 fully saturated rings. The lowest BCUT2D eigenvalue weighted by molar-refractivity contribution is -0.115. The lowest BCUT2D eigenvalue weighted by atomic mass is 10.1. The summed E-state index contributed by atoms with van der Waals surface area (Å²) >= 11 is 1.23. The van der Waals surface area contributed by atoms with Crippen LogP contribution in [0, 0.1) is 0 Å². The van der Waals surface area contributed by atoms with Crippen LogP contribution in [0.15, 0.2) is 60.0 Å². The molecule has 190 valence electrons. The molecule has 0 saturated carbocycles. The summed E-state index contributed by atoms with van der Waals surface area (Å²) in [7, 11) is 1.28. The van der Waals surface area contributed by atoms with Crippen molar-refractivity contribution in [2.45, 2.75) is 39.2 Å². The first-order valence-corrected chi connectivity index (χ1v) is 12.3. The van der Waals surface area contributed by atoms with E-state index in [0.717, 1.165) is 5.56 Å². The summed E-state index contributed by atoms with van der Waals surface area (Å²) in [6.45, 7) is 5.60. The molecule has 0 aliphatic rings. The molecule has 0 aliphatic heterocycles. The zero-order valence-corrected chi connectivity index (χ0v) is 21.6. The number of alkyl carbamates (subject to hydrolysis) is 1. The number of benzene rings is 2. The van der Waals surface area contributed by atoms with Gasteiger partial charge in [0.25, 0.3) is 0 Å². The number of anilines is 1.